The number of benzene rings is 3. The fourth-order valence-electron chi connectivity index (χ4n) is 3.17. The SMILES string of the molecule is CC(CC(=O)Nc1ccccc1-c1ccccc1)=NNC(=O)C(=O)Nc1cc(C)ccc1C. The molecule has 3 aromatic carbocycles. The Hall–Kier alpha value is -4.26. The van der Waals surface area contributed by atoms with E-state index in [9.17, 15) is 14.4 Å². The number of nitrogens with one attached hydrogen (secondary N) is 3. The van der Waals surface area contributed by atoms with Gasteiger partial charge in [-0.05, 0) is 49.6 Å². The molecule has 3 amide bonds. The van der Waals surface area contributed by atoms with Crippen LogP contribution < -0.4 is 16.1 Å². The Morgan fingerprint density at radius 2 is 1.48 bits per heavy atom. The quantitative estimate of drug-likeness (QED) is 0.299. The second-order valence-corrected chi connectivity index (χ2v) is 7.70. The first-order chi connectivity index (χ1) is 15.8. The number of nitrogens with zero attached hydrogens (tertiary/aromatic N) is 1. The topological polar surface area (TPSA) is 99.7 Å². The molecule has 0 spiro atoms. The molecule has 7 nitrogen and oxygen atoms in total. The van der Waals surface area contributed by atoms with Crippen LogP contribution >= 0.6 is 0 Å². The van der Waals surface area contributed by atoms with Crippen LogP contribution in [0, 0.1) is 13.8 Å². The van der Waals surface area contributed by atoms with Gasteiger partial charge in [0.25, 0.3) is 0 Å². The Balaban J connectivity index is 1.57. The molecule has 0 saturated heterocycles. The Bertz CT molecular complexity index is 1200. The number of para-hydroxylation sites is 1. The van der Waals surface area contributed by atoms with Gasteiger partial charge in [-0.25, -0.2) is 5.43 Å². The molecule has 0 atom stereocenters. The summed E-state index contributed by atoms with van der Waals surface area (Å²) < 4.78 is 0. The van der Waals surface area contributed by atoms with Gasteiger partial charge in [0, 0.05) is 22.6 Å². The standard InChI is InChI=1S/C26H26N4O3/c1-17-13-14-18(2)23(15-17)28-25(32)26(33)30-29-19(3)16-24(31)27-22-12-8-7-11-21(22)20-9-5-4-6-10-20/h4-15H,16H2,1-3H3,(H,27,31)(H,28,32)(H,30,33). The van der Waals surface area contributed by atoms with Crippen molar-refractivity contribution in [3.8, 4) is 11.1 Å². The van der Waals surface area contributed by atoms with Gasteiger partial charge in [-0.15, -0.1) is 0 Å². The van der Waals surface area contributed by atoms with Crippen LogP contribution in [0.1, 0.15) is 24.5 Å². The lowest BCUT2D eigenvalue weighted by atomic mass is 10.0. The molecule has 0 radical (unpaired) electrons. The lowest BCUT2D eigenvalue weighted by Gasteiger charge is -2.11. The van der Waals surface area contributed by atoms with Crippen molar-refractivity contribution in [2.24, 2.45) is 5.10 Å². The van der Waals surface area contributed by atoms with Crippen LogP contribution in [0.25, 0.3) is 11.1 Å². The van der Waals surface area contributed by atoms with Gasteiger partial charge < -0.3 is 10.6 Å². The summed E-state index contributed by atoms with van der Waals surface area (Å²) in [5, 5.41) is 9.34. The highest BCUT2D eigenvalue weighted by Gasteiger charge is 2.15. The highest BCUT2D eigenvalue weighted by Crippen LogP contribution is 2.27. The lowest BCUT2D eigenvalue weighted by molar-refractivity contribution is -0.136. The largest absolute Gasteiger partial charge is 0.329 e. The van der Waals surface area contributed by atoms with Crippen molar-refractivity contribution in [2.75, 3.05) is 10.6 Å². The van der Waals surface area contributed by atoms with Gasteiger partial charge in [-0.1, -0.05) is 60.7 Å². The summed E-state index contributed by atoms with van der Waals surface area (Å²) >= 11 is 0. The molecule has 0 bridgehead atoms. The number of carbonyl (C=O) groups is 3. The van der Waals surface area contributed by atoms with Crippen molar-refractivity contribution >= 4 is 34.8 Å². The number of rotatable bonds is 6. The van der Waals surface area contributed by atoms with Crippen LogP contribution in [0.15, 0.2) is 77.9 Å². The summed E-state index contributed by atoms with van der Waals surface area (Å²) in [5.41, 5.74) is 7.49. The maximum atomic E-state index is 12.5. The highest BCUT2D eigenvalue weighted by molar-refractivity contribution is 6.39. The van der Waals surface area contributed by atoms with Crippen LogP contribution in [-0.2, 0) is 14.4 Å². The van der Waals surface area contributed by atoms with Gasteiger partial charge in [0.15, 0.2) is 0 Å². The molecular formula is C26H26N4O3. The molecule has 3 rings (SSSR count). The van der Waals surface area contributed by atoms with E-state index in [1.807, 2.05) is 80.6 Å². The molecule has 0 aliphatic rings. The van der Waals surface area contributed by atoms with Crippen molar-refractivity contribution < 1.29 is 14.4 Å². The number of aryl methyl sites for hydroxylation is 2. The number of carbonyl (C=O) groups excluding carboxylic acids is 3. The van der Waals surface area contributed by atoms with E-state index in [0.29, 0.717) is 17.1 Å². The van der Waals surface area contributed by atoms with Crippen LogP contribution in [-0.4, -0.2) is 23.4 Å². The lowest BCUT2D eigenvalue weighted by Crippen LogP contribution is -2.33. The fourth-order valence-corrected chi connectivity index (χ4v) is 3.17. The first kappa shape index (κ1) is 23.4. The smallest absolute Gasteiger partial charge is 0.325 e. The summed E-state index contributed by atoms with van der Waals surface area (Å²) in [4.78, 5) is 36.8. The van der Waals surface area contributed by atoms with Crippen LogP contribution in [0.3, 0.4) is 0 Å². The minimum Gasteiger partial charge on any atom is -0.325 e. The van der Waals surface area contributed by atoms with Crippen molar-refractivity contribution in [3.05, 3.63) is 83.9 Å². The molecule has 0 saturated carbocycles. The third-order valence-electron chi connectivity index (χ3n) is 4.90. The number of hydrazone groups is 1. The van der Waals surface area contributed by atoms with E-state index < -0.39 is 11.8 Å². The Morgan fingerprint density at radius 3 is 2.24 bits per heavy atom. The summed E-state index contributed by atoms with van der Waals surface area (Å²) in [6, 6.07) is 22.8. The monoisotopic (exact) mass is 442 g/mol. The first-order valence-corrected chi connectivity index (χ1v) is 10.5. The molecule has 0 fully saturated rings. The van der Waals surface area contributed by atoms with E-state index in [1.165, 1.54) is 0 Å². The maximum absolute atomic E-state index is 12.5. The van der Waals surface area contributed by atoms with Crippen molar-refractivity contribution in [2.45, 2.75) is 27.2 Å². The average Bonchev–Trinajstić information content (AvgIpc) is 2.80. The van der Waals surface area contributed by atoms with Gasteiger partial charge in [-0.2, -0.15) is 5.10 Å². The molecule has 3 aromatic rings. The Labute approximate surface area is 192 Å². The third kappa shape index (κ3) is 6.61. The van der Waals surface area contributed by atoms with Crippen LogP contribution in [0.2, 0.25) is 0 Å². The second kappa shape index (κ2) is 10.9. The zero-order valence-electron chi connectivity index (χ0n) is 18.8. The third-order valence-corrected chi connectivity index (χ3v) is 4.90. The average molecular weight is 443 g/mol. The van der Waals surface area contributed by atoms with Crippen LogP contribution in [0.5, 0.6) is 0 Å². The highest BCUT2D eigenvalue weighted by atomic mass is 16.2. The predicted octanol–water partition coefficient (Wildman–Crippen LogP) is 4.43. The molecule has 0 aliphatic carbocycles. The first-order valence-electron chi connectivity index (χ1n) is 10.5. The summed E-state index contributed by atoms with van der Waals surface area (Å²) in [6.45, 7) is 5.33. The van der Waals surface area contributed by atoms with E-state index in [4.69, 9.17) is 0 Å². The number of amides is 3. The molecule has 0 aromatic heterocycles. The zero-order valence-corrected chi connectivity index (χ0v) is 18.8. The predicted molar refractivity (Wildman–Crippen MR) is 131 cm³/mol. The minimum absolute atomic E-state index is 0.0397. The molecule has 33 heavy (non-hydrogen) atoms. The summed E-state index contributed by atoms with van der Waals surface area (Å²) in [7, 11) is 0. The van der Waals surface area contributed by atoms with E-state index in [0.717, 1.165) is 22.3 Å². The molecule has 7 heteroatoms. The molecule has 0 heterocycles. The molecule has 0 aliphatic heterocycles. The molecule has 3 N–H and O–H groups in total. The second-order valence-electron chi connectivity index (χ2n) is 7.70. The number of hydrogen-bond acceptors (Lipinski definition) is 4. The normalized spacial score (nSPS) is 10.9. The fraction of sp³-hybridized carbons (Fsp3) is 0.154. The van der Waals surface area contributed by atoms with Crippen molar-refractivity contribution in [3.63, 3.8) is 0 Å². The summed E-state index contributed by atoms with van der Waals surface area (Å²) in [6.07, 6.45) is -0.0397. The Kier molecular flexibility index (Phi) is 7.70. The van der Waals surface area contributed by atoms with Crippen molar-refractivity contribution in [1.82, 2.24) is 5.43 Å². The van der Waals surface area contributed by atoms with E-state index in [-0.39, 0.29) is 12.3 Å². The molecular weight excluding hydrogens is 416 g/mol. The van der Waals surface area contributed by atoms with E-state index in [2.05, 4.69) is 21.2 Å². The van der Waals surface area contributed by atoms with E-state index in [1.54, 1.807) is 13.0 Å². The van der Waals surface area contributed by atoms with Gasteiger partial charge in [0.1, 0.15) is 0 Å². The van der Waals surface area contributed by atoms with Gasteiger partial charge in [0.2, 0.25) is 5.91 Å². The summed E-state index contributed by atoms with van der Waals surface area (Å²) in [5.74, 6) is -2.03. The number of hydrogen-bond donors (Lipinski definition) is 3. The maximum Gasteiger partial charge on any atom is 0.329 e. The van der Waals surface area contributed by atoms with Gasteiger partial charge in [0.05, 0.1) is 6.42 Å². The Morgan fingerprint density at radius 1 is 0.788 bits per heavy atom. The van der Waals surface area contributed by atoms with Crippen LogP contribution in [0.4, 0.5) is 11.4 Å². The number of anilines is 2. The van der Waals surface area contributed by atoms with Crippen molar-refractivity contribution in [1.29, 1.82) is 0 Å². The zero-order chi connectivity index (χ0) is 23.8. The molecule has 0 unspecified atom stereocenters. The minimum atomic E-state index is -0.912. The van der Waals surface area contributed by atoms with Gasteiger partial charge in [-0.3, -0.25) is 14.4 Å². The van der Waals surface area contributed by atoms with Gasteiger partial charge >= 0.3 is 11.8 Å². The molecule has 168 valence electrons. The van der Waals surface area contributed by atoms with E-state index >= 15 is 0 Å².